The van der Waals surface area contributed by atoms with Gasteiger partial charge in [-0.3, -0.25) is 14.5 Å². The molecule has 2 aliphatic heterocycles. The number of hydrogen-bond acceptors (Lipinski definition) is 6. The van der Waals surface area contributed by atoms with Crippen molar-refractivity contribution in [1.82, 2.24) is 4.90 Å². The Kier molecular flexibility index (Phi) is 6.46. The van der Waals surface area contributed by atoms with Crippen LogP contribution in [0.4, 0.5) is 11.4 Å². The van der Waals surface area contributed by atoms with Gasteiger partial charge in [-0.15, -0.1) is 0 Å². The number of fused-ring (bicyclic) bond motifs is 1. The second-order valence-corrected chi connectivity index (χ2v) is 8.41. The zero-order valence-corrected chi connectivity index (χ0v) is 18.4. The van der Waals surface area contributed by atoms with E-state index in [2.05, 4.69) is 28.1 Å². The average molecular weight is 444 g/mol. The second-order valence-electron chi connectivity index (χ2n) is 8.01. The Balaban J connectivity index is 1.33. The first-order chi connectivity index (χ1) is 14.9. The Morgan fingerprint density at radius 3 is 2.87 bits per heavy atom. The number of esters is 1. The predicted octanol–water partition coefficient (Wildman–Crippen LogP) is 3.10. The van der Waals surface area contributed by atoms with Crippen molar-refractivity contribution in [3.63, 3.8) is 0 Å². The summed E-state index contributed by atoms with van der Waals surface area (Å²) in [6, 6.07) is 11.6. The first-order valence-electron chi connectivity index (χ1n) is 10.3. The first-order valence-corrected chi connectivity index (χ1v) is 10.7. The molecule has 4 rings (SSSR count). The van der Waals surface area contributed by atoms with E-state index in [0.29, 0.717) is 29.6 Å². The summed E-state index contributed by atoms with van der Waals surface area (Å²) >= 11 is 6.26. The first kappa shape index (κ1) is 21.6. The number of nitrogens with one attached hydrogen (secondary N) is 1. The minimum Gasteiger partial charge on any atom is -0.426 e. The Hall–Kier alpha value is -2.61. The summed E-state index contributed by atoms with van der Waals surface area (Å²) in [4.78, 5) is 28.4. The third-order valence-electron chi connectivity index (χ3n) is 5.65. The smallest absolute Gasteiger partial charge is 0.315 e. The molecule has 0 aliphatic carbocycles. The van der Waals surface area contributed by atoms with Crippen molar-refractivity contribution < 1.29 is 19.1 Å². The van der Waals surface area contributed by atoms with E-state index in [4.69, 9.17) is 21.1 Å². The van der Waals surface area contributed by atoms with E-state index in [9.17, 15) is 9.59 Å². The van der Waals surface area contributed by atoms with Crippen molar-refractivity contribution in [3.05, 3.63) is 52.5 Å². The predicted molar refractivity (Wildman–Crippen MR) is 120 cm³/mol. The summed E-state index contributed by atoms with van der Waals surface area (Å²) in [5, 5.41) is 3.61. The summed E-state index contributed by atoms with van der Waals surface area (Å²) in [7, 11) is 1.66. The van der Waals surface area contributed by atoms with Gasteiger partial charge in [0.05, 0.1) is 19.6 Å². The topological polar surface area (TPSA) is 71.1 Å². The van der Waals surface area contributed by atoms with Crippen molar-refractivity contribution in [1.29, 1.82) is 0 Å². The van der Waals surface area contributed by atoms with Crippen LogP contribution in [0.25, 0.3) is 0 Å². The van der Waals surface area contributed by atoms with Gasteiger partial charge in [0.2, 0.25) is 5.91 Å². The lowest BCUT2D eigenvalue weighted by Crippen LogP contribution is -2.53. The van der Waals surface area contributed by atoms with Crippen molar-refractivity contribution >= 4 is 34.9 Å². The Labute approximate surface area is 186 Å². The van der Waals surface area contributed by atoms with E-state index in [-0.39, 0.29) is 24.3 Å². The van der Waals surface area contributed by atoms with Crippen LogP contribution in [0.1, 0.15) is 18.1 Å². The Morgan fingerprint density at radius 2 is 2.10 bits per heavy atom. The largest absolute Gasteiger partial charge is 0.426 e. The summed E-state index contributed by atoms with van der Waals surface area (Å²) in [5.41, 5.74) is 3.57. The molecule has 1 amide bonds. The third kappa shape index (κ3) is 5.01. The molecular weight excluding hydrogens is 418 g/mol. The summed E-state index contributed by atoms with van der Waals surface area (Å²) in [5.74, 6) is 0.181. The van der Waals surface area contributed by atoms with Gasteiger partial charge in [-0.1, -0.05) is 17.7 Å². The third-order valence-corrected chi connectivity index (χ3v) is 6.02. The number of ether oxygens (including phenoxy) is 2. The highest BCUT2D eigenvalue weighted by Crippen LogP contribution is 2.29. The molecule has 0 unspecified atom stereocenters. The van der Waals surface area contributed by atoms with E-state index >= 15 is 0 Å². The van der Waals surface area contributed by atoms with Crippen LogP contribution >= 0.6 is 11.6 Å². The SMILES string of the molecule is COCc1cc(N2CCN(CC(=O)Nc3ccc4c(c3)OC(=O)C4)C[C@H]2C)ccc1Cl. The van der Waals surface area contributed by atoms with Gasteiger partial charge in [-0.05, 0) is 36.8 Å². The van der Waals surface area contributed by atoms with Crippen molar-refractivity contribution in [3.8, 4) is 5.75 Å². The molecule has 2 aromatic rings. The van der Waals surface area contributed by atoms with Crippen molar-refractivity contribution in [2.24, 2.45) is 0 Å². The van der Waals surface area contributed by atoms with E-state index in [0.717, 1.165) is 36.4 Å². The van der Waals surface area contributed by atoms with Crippen LogP contribution in [0.5, 0.6) is 5.75 Å². The lowest BCUT2D eigenvalue weighted by atomic mass is 10.1. The number of hydrogen-bond donors (Lipinski definition) is 1. The standard InChI is InChI=1S/C23H26ClN3O4/c1-15-12-26(7-8-27(15)19-5-6-20(24)17(9-19)14-30-2)13-22(28)25-18-4-3-16-10-23(29)31-21(16)11-18/h3-6,9,11,15H,7-8,10,12-14H2,1-2H3,(H,25,28)/t15-/m1/s1. The van der Waals surface area contributed by atoms with Gasteiger partial charge in [0.25, 0.3) is 0 Å². The molecule has 0 radical (unpaired) electrons. The molecule has 1 N–H and O–H groups in total. The van der Waals surface area contributed by atoms with Crippen LogP contribution in [0, 0.1) is 0 Å². The fourth-order valence-electron chi connectivity index (χ4n) is 4.16. The number of amides is 1. The van der Waals surface area contributed by atoms with Crippen LogP contribution in [0.3, 0.4) is 0 Å². The minimum atomic E-state index is -0.264. The molecule has 0 aromatic heterocycles. The fraction of sp³-hybridized carbons (Fsp3) is 0.391. The van der Waals surface area contributed by atoms with Crippen LogP contribution in [0.2, 0.25) is 5.02 Å². The van der Waals surface area contributed by atoms with E-state index in [1.165, 1.54) is 0 Å². The molecule has 31 heavy (non-hydrogen) atoms. The van der Waals surface area contributed by atoms with E-state index in [1.54, 1.807) is 19.2 Å². The molecule has 2 heterocycles. The molecule has 8 heteroatoms. The number of anilines is 2. The highest BCUT2D eigenvalue weighted by molar-refractivity contribution is 6.31. The number of nitrogens with zero attached hydrogens (tertiary/aromatic N) is 2. The number of carbonyl (C=O) groups excluding carboxylic acids is 2. The monoisotopic (exact) mass is 443 g/mol. The highest BCUT2D eigenvalue weighted by atomic mass is 35.5. The van der Waals surface area contributed by atoms with Crippen molar-refractivity contribution in [2.45, 2.75) is 26.0 Å². The van der Waals surface area contributed by atoms with E-state index in [1.807, 2.05) is 18.2 Å². The van der Waals surface area contributed by atoms with E-state index < -0.39 is 0 Å². The minimum absolute atomic E-state index is 0.0844. The van der Waals surface area contributed by atoms with Gasteiger partial charge in [0.1, 0.15) is 5.75 Å². The van der Waals surface area contributed by atoms with Crippen molar-refractivity contribution in [2.75, 3.05) is 43.5 Å². The normalized spacial score (nSPS) is 18.6. The number of methoxy groups -OCH3 is 1. The van der Waals surface area contributed by atoms with Gasteiger partial charge < -0.3 is 19.7 Å². The maximum atomic E-state index is 12.6. The molecule has 1 atom stereocenters. The molecule has 1 fully saturated rings. The van der Waals surface area contributed by atoms with Crippen LogP contribution in [-0.2, 0) is 27.4 Å². The Bertz CT molecular complexity index is 997. The number of carbonyl (C=O) groups is 2. The summed E-state index contributed by atoms with van der Waals surface area (Å²) < 4.78 is 10.4. The molecule has 2 aromatic carbocycles. The van der Waals surface area contributed by atoms with Gasteiger partial charge in [0, 0.05) is 60.8 Å². The number of piperazine rings is 1. The molecule has 2 aliphatic rings. The molecule has 164 valence electrons. The number of halogens is 1. The highest BCUT2D eigenvalue weighted by Gasteiger charge is 2.26. The summed E-state index contributed by atoms with van der Waals surface area (Å²) in [6.45, 7) is 5.31. The maximum Gasteiger partial charge on any atom is 0.315 e. The number of benzene rings is 2. The zero-order valence-electron chi connectivity index (χ0n) is 17.7. The molecule has 0 saturated carbocycles. The van der Waals surface area contributed by atoms with Gasteiger partial charge in [-0.2, -0.15) is 0 Å². The Morgan fingerprint density at radius 1 is 1.26 bits per heavy atom. The summed E-state index contributed by atoms with van der Waals surface area (Å²) in [6.07, 6.45) is 0.284. The fourth-order valence-corrected chi connectivity index (χ4v) is 4.33. The van der Waals surface area contributed by atoms with Crippen LogP contribution in [0.15, 0.2) is 36.4 Å². The second kappa shape index (κ2) is 9.26. The van der Waals surface area contributed by atoms with Gasteiger partial charge in [-0.25, -0.2) is 0 Å². The zero-order chi connectivity index (χ0) is 22.0. The lowest BCUT2D eigenvalue weighted by Gasteiger charge is -2.41. The van der Waals surface area contributed by atoms with Crippen LogP contribution in [-0.4, -0.2) is 56.1 Å². The van der Waals surface area contributed by atoms with Crippen LogP contribution < -0.4 is 15.0 Å². The number of rotatable bonds is 6. The van der Waals surface area contributed by atoms with Gasteiger partial charge >= 0.3 is 5.97 Å². The average Bonchev–Trinajstić information content (AvgIpc) is 3.09. The molecule has 1 saturated heterocycles. The quantitative estimate of drug-likeness (QED) is 0.546. The molecule has 7 nitrogen and oxygen atoms in total. The lowest BCUT2D eigenvalue weighted by molar-refractivity contribution is -0.131. The van der Waals surface area contributed by atoms with Gasteiger partial charge in [0.15, 0.2) is 0 Å². The molecular formula is C23H26ClN3O4. The molecule has 0 bridgehead atoms. The molecule has 0 spiro atoms. The maximum absolute atomic E-state index is 12.6.